The SMILES string of the molecule is CC1(F)CCC(CNC(=O)c2cn(CC(=O)N3CCCC3)c3cccc(Cl)c23)CC1. The summed E-state index contributed by atoms with van der Waals surface area (Å²) in [5.41, 5.74) is 0.186. The van der Waals surface area contributed by atoms with E-state index in [1.54, 1.807) is 19.2 Å². The van der Waals surface area contributed by atoms with Crippen molar-refractivity contribution in [3.05, 3.63) is 35.0 Å². The molecule has 2 amide bonds. The number of hydrogen-bond acceptors (Lipinski definition) is 2. The molecule has 0 atom stereocenters. The maximum absolute atomic E-state index is 14.0. The monoisotopic (exact) mass is 433 g/mol. The number of alkyl halides is 1. The minimum absolute atomic E-state index is 0.0628. The fourth-order valence-electron chi connectivity index (χ4n) is 4.64. The highest BCUT2D eigenvalue weighted by molar-refractivity contribution is 6.36. The molecule has 1 aromatic heterocycles. The fourth-order valence-corrected chi connectivity index (χ4v) is 4.91. The largest absolute Gasteiger partial charge is 0.352 e. The summed E-state index contributed by atoms with van der Waals surface area (Å²) in [6.45, 7) is 3.97. The predicted molar refractivity (Wildman–Crippen MR) is 117 cm³/mol. The highest BCUT2D eigenvalue weighted by Crippen LogP contribution is 2.34. The van der Waals surface area contributed by atoms with Gasteiger partial charge in [0, 0.05) is 31.2 Å². The van der Waals surface area contributed by atoms with E-state index < -0.39 is 5.67 Å². The quantitative estimate of drug-likeness (QED) is 0.751. The van der Waals surface area contributed by atoms with Crippen LogP contribution in [0.1, 0.15) is 55.8 Å². The molecule has 1 aliphatic heterocycles. The number of likely N-dealkylation sites (tertiary alicyclic amines) is 1. The number of fused-ring (bicyclic) bond motifs is 1. The zero-order valence-electron chi connectivity index (χ0n) is 17.4. The summed E-state index contributed by atoms with van der Waals surface area (Å²) >= 11 is 6.43. The predicted octanol–water partition coefficient (Wildman–Crippen LogP) is 4.57. The van der Waals surface area contributed by atoms with Gasteiger partial charge in [-0.3, -0.25) is 9.59 Å². The lowest BCUT2D eigenvalue weighted by atomic mass is 9.81. The molecule has 1 aliphatic carbocycles. The van der Waals surface area contributed by atoms with Gasteiger partial charge in [-0.15, -0.1) is 0 Å². The van der Waals surface area contributed by atoms with Crippen molar-refractivity contribution in [1.29, 1.82) is 0 Å². The number of amides is 2. The van der Waals surface area contributed by atoms with E-state index in [9.17, 15) is 14.0 Å². The van der Waals surface area contributed by atoms with Crippen molar-refractivity contribution < 1.29 is 14.0 Å². The first-order valence-corrected chi connectivity index (χ1v) is 11.2. The molecule has 162 valence electrons. The minimum Gasteiger partial charge on any atom is -0.352 e. The van der Waals surface area contributed by atoms with Crippen molar-refractivity contribution in [2.75, 3.05) is 19.6 Å². The lowest BCUT2D eigenvalue weighted by molar-refractivity contribution is -0.130. The van der Waals surface area contributed by atoms with Crippen molar-refractivity contribution >= 4 is 34.3 Å². The molecule has 5 nitrogen and oxygen atoms in total. The number of aromatic nitrogens is 1. The van der Waals surface area contributed by atoms with E-state index in [4.69, 9.17) is 11.6 Å². The molecule has 0 unspecified atom stereocenters. The van der Waals surface area contributed by atoms with Gasteiger partial charge in [-0.25, -0.2) is 4.39 Å². The molecule has 30 heavy (non-hydrogen) atoms. The van der Waals surface area contributed by atoms with Crippen molar-refractivity contribution in [3.8, 4) is 0 Å². The molecule has 1 aromatic carbocycles. The molecular formula is C23H29ClFN3O2. The summed E-state index contributed by atoms with van der Waals surface area (Å²) in [5, 5.41) is 4.18. The zero-order chi connectivity index (χ0) is 21.3. The van der Waals surface area contributed by atoms with Gasteiger partial charge < -0.3 is 14.8 Å². The third-order valence-electron chi connectivity index (χ3n) is 6.56. The van der Waals surface area contributed by atoms with Gasteiger partial charge in [0.1, 0.15) is 12.2 Å². The number of nitrogens with zero attached hydrogens (tertiary/aromatic N) is 2. The van der Waals surface area contributed by atoms with Crippen molar-refractivity contribution in [2.24, 2.45) is 5.92 Å². The minimum atomic E-state index is -1.08. The van der Waals surface area contributed by atoms with E-state index >= 15 is 0 Å². The molecule has 1 N–H and O–H groups in total. The first-order chi connectivity index (χ1) is 14.3. The standard InChI is InChI=1S/C23H29ClFN3O2/c1-23(25)9-7-16(8-10-23)13-26-22(30)17-14-28(15-20(29)27-11-2-3-12-27)19-6-4-5-18(24)21(17)19/h4-6,14,16H,2-3,7-13,15H2,1H3,(H,26,30). The van der Waals surface area contributed by atoms with Gasteiger partial charge in [0.05, 0.1) is 16.1 Å². The molecule has 4 rings (SSSR count). The number of rotatable bonds is 5. The number of carbonyl (C=O) groups is 2. The second kappa shape index (κ2) is 8.58. The normalized spacial score (nSPS) is 24.4. The number of halogens is 2. The Labute approximate surface area is 181 Å². The number of nitrogens with one attached hydrogen (secondary N) is 1. The second-order valence-electron chi connectivity index (χ2n) is 8.96. The molecule has 1 saturated heterocycles. The first-order valence-electron chi connectivity index (χ1n) is 10.9. The van der Waals surface area contributed by atoms with Gasteiger partial charge in [-0.1, -0.05) is 17.7 Å². The van der Waals surface area contributed by atoms with Crippen LogP contribution in [0.2, 0.25) is 5.02 Å². The second-order valence-corrected chi connectivity index (χ2v) is 9.37. The lowest BCUT2D eigenvalue weighted by Crippen LogP contribution is -2.34. The number of hydrogen-bond donors (Lipinski definition) is 1. The van der Waals surface area contributed by atoms with Crippen LogP contribution in [0.25, 0.3) is 10.9 Å². The Morgan fingerprint density at radius 1 is 1.23 bits per heavy atom. The lowest BCUT2D eigenvalue weighted by Gasteiger charge is -2.31. The maximum Gasteiger partial charge on any atom is 0.253 e. The third kappa shape index (κ3) is 4.48. The molecule has 0 spiro atoms. The number of carbonyl (C=O) groups excluding carboxylic acids is 2. The summed E-state index contributed by atoms with van der Waals surface area (Å²) < 4.78 is 15.8. The first kappa shape index (κ1) is 21.2. The molecule has 0 bridgehead atoms. The van der Waals surface area contributed by atoms with Crippen molar-refractivity contribution in [3.63, 3.8) is 0 Å². The van der Waals surface area contributed by atoms with Crippen LogP contribution in [-0.2, 0) is 11.3 Å². The van der Waals surface area contributed by atoms with E-state index in [2.05, 4.69) is 5.32 Å². The Morgan fingerprint density at radius 3 is 2.63 bits per heavy atom. The molecule has 2 aromatic rings. The highest BCUT2D eigenvalue weighted by atomic mass is 35.5. The van der Waals surface area contributed by atoms with Gasteiger partial charge in [0.25, 0.3) is 5.91 Å². The molecule has 0 radical (unpaired) electrons. The van der Waals surface area contributed by atoms with Crippen LogP contribution in [-0.4, -0.2) is 46.6 Å². The van der Waals surface area contributed by atoms with Gasteiger partial charge in [0.15, 0.2) is 0 Å². The summed E-state index contributed by atoms with van der Waals surface area (Å²) in [5.74, 6) is 0.153. The van der Waals surface area contributed by atoms with Crippen LogP contribution in [0.4, 0.5) is 4.39 Å². The topological polar surface area (TPSA) is 54.3 Å². The molecule has 7 heteroatoms. The van der Waals surface area contributed by atoms with Crippen LogP contribution in [0.3, 0.4) is 0 Å². The Bertz CT molecular complexity index is 939. The summed E-state index contributed by atoms with van der Waals surface area (Å²) in [4.78, 5) is 27.5. The Morgan fingerprint density at radius 2 is 1.93 bits per heavy atom. The van der Waals surface area contributed by atoms with Crippen molar-refractivity contribution in [2.45, 2.75) is 57.7 Å². The highest BCUT2D eigenvalue weighted by Gasteiger charge is 2.31. The molecule has 2 aliphatic rings. The Hall–Kier alpha value is -2.08. The van der Waals surface area contributed by atoms with Crippen LogP contribution in [0, 0.1) is 5.92 Å². The van der Waals surface area contributed by atoms with Crippen molar-refractivity contribution in [1.82, 2.24) is 14.8 Å². The van der Waals surface area contributed by atoms with Gasteiger partial charge >= 0.3 is 0 Å². The van der Waals surface area contributed by atoms with Gasteiger partial charge in [-0.2, -0.15) is 0 Å². The third-order valence-corrected chi connectivity index (χ3v) is 6.88. The summed E-state index contributed by atoms with van der Waals surface area (Å²) in [6.07, 6.45) is 6.45. The molecule has 1 saturated carbocycles. The smallest absolute Gasteiger partial charge is 0.253 e. The average molecular weight is 434 g/mol. The van der Waals surface area contributed by atoms with E-state index in [1.807, 2.05) is 21.6 Å². The van der Waals surface area contributed by atoms with Crippen LogP contribution < -0.4 is 5.32 Å². The van der Waals surface area contributed by atoms with Crippen LogP contribution in [0.15, 0.2) is 24.4 Å². The maximum atomic E-state index is 14.0. The average Bonchev–Trinajstić information content (AvgIpc) is 3.36. The van der Waals surface area contributed by atoms with E-state index in [-0.39, 0.29) is 18.4 Å². The van der Waals surface area contributed by atoms with E-state index in [1.165, 1.54) is 0 Å². The van der Waals surface area contributed by atoms with Crippen LogP contribution >= 0.6 is 11.6 Å². The molecule has 2 fully saturated rings. The summed E-state index contributed by atoms with van der Waals surface area (Å²) in [6, 6.07) is 5.48. The Kier molecular flexibility index (Phi) is 6.05. The number of benzene rings is 1. The van der Waals surface area contributed by atoms with Gasteiger partial charge in [0.2, 0.25) is 5.91 Å². The fraction of sp³-hybridized carbons (Fsp3) is 0.565. The zero-order valence-corrected chi connectivity index (χ0v) is 18.2. The van der Waals surface area contributed by atoms with Crippen LogP contribution in [0.5, 0.6) is 0 Å². The van der Waals surface area contributed by atoms with E-state index in [0.29, 0.717) is 41.3 Å². The molecular weight excluding hydrogens is 405 g/mol. The molecule has 2 heterocycles. The summed E-state index contributed by atoms with van der Waals surface area (Å²) in [7, 11) is 0. The Balaban J connectivity index is 1.50. The van der Waals surface area contributed by atoms with Gasteiger partial charge in [-0.05, 0) is 63.5 Å². The van der Waals surface area contributed by atoms with E-state index in [0.717, 1.165) is 44.3 Å².